The van der Waals surface area contributed by atoms with E-state index >= 15 is 0 Å². The van der Waals surface area contributed by atoms with Crippen molar-refractivity contribution in [3.05, 3.63) is 11.6 Å². The summed E-state index contributed by atoms with van der Waals surface area (Å²) in [7, 11) is 0. The van der Waals surface area contributed by atoms with Gasteiger partial charge in [0.15, 0.2) is 25.2 Å². The third-order valence-corrected chi connectivity index (χ3v) is 22.0. The van der Waals surface area contributed by atoms with Gasteiger partial charge in [-0.15, -0.1) is 0 Å². The molecule has 23 heteroatoms. The van der Waals surface area contributed by atoms with Gasteiger partial charge in [-0.2, -0.15) is 0 Å². The zero-order valence-electron chi connectivity index (χ0n) is 46.3. The van der Waals surface area contributed by atoms with Gasteiger partial charge in [0.1, 0.15) is 79.4 Å². The molecule has 23 nitrogen and oxygen atoms in total. The summed E-state index contributed by atoms with van der Waals surface area (Å²) in [5.74, 6) is -0.728. The SMILES string of the molecule is C[C@@H]1[C@@H](O)[C@H](O)[C@@H](O[C@H]2CC(C)(C)C[C@H]3C4=CC[C@@H]5[C@@]6(C)CC[C@H](O[C@@H]7O[C@H](CO)[C@@H](O)[C@H](O)[C@H]7O[C@@H]7O[C@H](CO)[C@@H](O)[C@H](O)[C@H]7O[C@@H]7O[C@H](CO)[C@H](O)[C@H](O)[C@H]7O)C(C)(C)[C@@H]6CC[C@@]5(C)[C@]4(C)C[C@@H](O)[C@@]23CO)O[C@H]1CO. The fourth-order valence-corrected chi connectivity index (χ4v) is 17.1. The minimum absolute atomic E-state index is 0.0339. The Morgan fingerprint density at radius 2 is 0.987 bits per heavy atom. The lowest BCUT2D eigenvalue weighted by molar-refractivity contribution is -0.398. The van der Waals surface area contributed by atoms with Gasteiger partial charge in [0.25, 0.3) is 0 Å². The summed E-state index contributed by atoms with van der Waals surface area (Å²) in [6.07, 6.45) is -25.7. The first-order valence-electron chi connectivity index (χ1n) is 28.3. The van der Waals surface area contributed by atoms with E-state index in [-0.39, 0.29) is 34.0 Å². The standard InChI is InChI=1S/C55H92O23/c1-23-26(18-56)71-46(42(69)35(23)62)76-34-17-50(2,3)15-25-24-9-10-31-52(6)13-12-33(51(4,5)30(52)11-14-53(31,7)54(24,8)16-32(61)55(25,34)22-60)75-48-44(40(67)37(64)28(20-58)73-48)78-49-45(41(68)38(65)29(21-59)74-49)77-47-43(70)39(66)36(63)27(19-57)72-47/h9,23,25-49,56-70H,10-22H2,1-8H3/t23-,25-,26-,27+,28+,29+,30-,31+,32+,33-,34-,35+,36-,37+,38+,39-,40-,41-,42-,43+,44+,45+,46+,47-,48-,49-,52-,53+,54+,55-/m0/s1. The molecule has 9 aliphatic rings. The van der Waals surface area contributed by atoms with E-state index in [2.05, 4.69) is 54.5 Å². The minimum Gasteiger partial charge on any atom is -0.396 e. The van der Waals surface area contributed by atoms with Gasteiger partial charge in [0.2, 0.25) is 0 Å². The molecule has 0 unspecified atom stereocenters. The van der Waals surface area contributed by atoms with Crippen molar-refractivity contribution < 1.29 is 114 Å². The molecule has 0 radical (unpaired) electrons. The van der Waals surface area contributed by atoms with E-state index in [1.165, 1.54) is 5.57 Å². The van der Waals surface area contributed by atoms with Crippen molar-refractivity contribution in [1.29, 1.82) is 0 Å². The minimum atomic E-state index is -1.94. The highest BCUT2D eigenvalue weighted by Crippen LogP contribution is 2.76. The Hall–Kier alpha value is -1.18. The topological polar surface area (TPSA) is 377 Å². The molecule has 8 fully saturated rings. The van der Waals surface area contributed by atoms with Gasteiger partial charge in [-0.3, -0.25) is 0 Å². The Bertz CT molecular complexity index is 2100. The highest BCUT2D eigenvalue weighted by molar-refractivity contribution is 5.36. The second-order valence-corrected chi connectivity index (χ2v) is 26.9. The van der Waals surface area contributed by atoms with Gasteiger partial charge in [0.05, 0.1) is 69.0 Å². The molecule has 9 rings (SSSR count). The van der Waals surface area contributed by atoms with Crippen LogP contribution in [-0.2, 0) is 37.9 Å². The summed E-state index contributed by atoms with van der Waals surface area (Å²) >= 11 is 0. The third-order valence-electron chi connectivity index (χ3n) is 22.0. The molecular weight excluding hydrogens is 1030 g/mol. The first kappa shape index (κ1) is 61.4. The van der Waals surface area contributed by atoms with Crippen molar-refractivity contribution in [2.45, 2.75) is 242 Å². The van der Waals surface area contributed by atoms with E-state index in [4.69, 9.17) is 37.9 Å². The van der Waals surface area contributed by atoms with Crippen LogP contribution in [0.4, 0.5) is 0 Å². The smallest absolute Gasteiger partial charge is 0.187 e. The molecule has 0 spiro atoms. The van der Waals surface area contributed by atoms with Crippen LogP contribution in [0.2, 0.25) is 0 Å². The molecular formula is C55H92O23. The van der Waals surface area contributed by atoms with Gasteiger partial charge in [-0.25, -0.2) is 0 Å². The number of allylic oxidation sites excluding steroid dienone is 2. The van der Waals surface area contributed by atoms with Gasteiger partial charge in [-0.05, 0) is 96.2 Å². The van der Waals surface area contributed by atoms with Crippen molar-refractivity contribution in [2.24, 2.45) is 56.2 Å². The molecule has 4 saturated carbocycles. The summed E-state index contributed by atoms with van der Waals surface area (Å²) in [5.41, 5.74) is -2.10. The van der Waals surface area contributed by atoms with Gasteiger partial charge >= 0.3 is 0 Å². The molecule has 4 aliphatic heterocycles. The molecule has 450 valence electrons. The Morgan fingerprint density at radius 3 is 1.55 bits per heavy atom. The van der Waals surface area contributed by atoms with Crippen LogP contribution >= 0.6 is 0 Å². The Labute approximate surface area is 456 Å². The molecule has 78 heavy (non-hydrogen) atoms. The number of fused-ring (bicyclic) bond motifs is 7. The van der Waals surface area contributed by atoms with E-state index in [0.717, 1.165) is 19.3 Å². The number of aliphatic hydroxyl groups is 15. The Kier molecular flexibility index (Phi) is 17.6. The number of hydrogen-bond donors (Lipinski definition) is 15. The monoisotopic (exact) mass is 1120 g/mol. The summed E-state index contributed by atoms with van der Waals surface area (Å²) in [5, 5.41) is 164. The molecule has 0 aromatic rings. The maximum absolute atomic E-state index is 12.8. The lowest BCUT2D eigenvalue weighted by atomic mass is 9.33. The van der Waals surface area contributed by atoms with Crippen molar-refractivity contribution in [2.75, 3.05) is 33.0 Å². The third kappa shape index (κ3) is 9.72. The lowest BCUT2D eigenvalue weighted by Crippen LogP contribution is -2.70. The summed E-state index contributed by atoms with van der Waals surface area (Å²) in [6, 6.07) is 0. The molecule has 5 aliphatic carbocycles. The first-order chi connectivity index (χ1) is 36.5. The first-order valence-corrected chi connectivity index (χ1v) is 28.3. The molecule has 0 bridgehead atoms. The van der Waals surface area contributed by atoms with Gasteiger partial charge in [0, 0.05) is 5.92 Å². The highest BCUT2D eigenvalue weighted by atomic mass is 16.8. The molecule has 4 saturated heterocycles. The average molecular weight is 1120 g/mol. The summed E-state index contributed by atoms with van der Waals surface area (Å²) in [4.78, 5) is 0. The summed E-state index contributed by atoms with van der Waals surface area (Å²) in [6.45, 7) is 14.1. The quantitative estimate of drug-likeness (QED) is 0.0678. The molecule has 30 atom stereocenters. The van der Waals surface area contributed by atoms with Crippen LogP contribution in [0, 0.1) is 56.2 Å². The van der Waals surface area contributed by atoms with Crippen molar-refractivity contribution in [3.63, 3.8) is 0 Å². The predicted octanol–water partition coefficient (Wildman–Crippen LogP) is -2.35. The van der Waals surface area contributed by atoms with E-state index < -0.39 is 190 Å². The second kappa shape index (κ2) is 22.3. The fourth-order valence-electron chi connectivity index (χ4n) is 17.1. The second-order valence-electron chi connectivity index (χ2n) is 26.9. The van der Waals surface area contributed by atoms with Crippen LogP contribution in [-0.4, -0.2) is 245 Å². The number of hydrogen-bond acceptors (Lipinski definition) is 23. The van der Waals surface area contributed by atoms with E-state index in [9.17, 15) is 76.6 Å². The van der Waals surface area contributed by atoms with Gasteiger partial charge in [-0.1, -0.05) is 67.0 Å². The number of rotatable bonds is 13. The van der Waals surface area contributed by atoms with Crippen LogP contribution in [0.15, 0.2) is 11.6 Å². The Morgan fingerprint density at radius 1 is 0.500 bits per heavy atom. The van der Waals surface area contributed by atoms with Crippen LogP contribution in [0.5, 0.6) is 0 Å². The Balaban J connectivity index is 0.974. The van der Waals surface area contributed by atoms with E-state index in [0.29, 0.717) is 32.1 Å². The van der Waals surface area contributed by atoms with Gasteiger partial charge < -0.3 is 114 Å². The van der Waals surface area contributed by atoms with Crippen molar-refractivity contribution in [3.8, 4) is 0 Å². The van der Waals surface area contributed by atoms with Crippen LogP contribution in [0.1, 0.15) is 107 Å². The predicted molar refractivity (Wildman–Crippen MR) is 269 cm³/mol. The fraction of sp³-hybridized carbons (Fsp3) is 0.964. The van der Waals surface area contributed by atoms with Crippen molar-refractivity contribution >= 4 is 0 Å². The van der Waals surface area contributed by atoms with E-state index in [1.54, 1.807) is 6.92 Å². The molecule has 0 aromatic heterocycles. The average Bonchev–Trinajstić information content (AvgIpc) is 3.49. The maximum atomic E-state index is 12.8. The van der Waals surface area contributed by atoms with Crippen LogP contribution < -0.4 is 0 Å². The zero-order chi connectivity index (χ0) is 57.1. The maximum Gasteiger partial charge on any atom is 0.187 e. The molecule has 15 N–H and O–H groups in total. The zero-order valence-corrected chi connectivity index (χ0v) is 46.3. The molecule has 0 amide bonds. The lowest BCUT2D eigenvalue weighted by Gasteiger charge is -2.72. The largest absolute Gasteiger partial charge is 0.396 e. The summed E-state index contributed by atoms with van der Waals surface area (Å²) < 4.78 is 49.5. The van der Waals surface area contributed by atoms with Crippen LogP contribution in [0.25, 0.3) is 0 Å². The highest BCUT2D eigenvalue weighted by Gasteiger charge is 2.72. The normalized spacial score (nSPS) is 54.9. The number of aliphatic hydroxyl groups excluding tert-OH is 15. The molecule has 0 aromatic carbocycles. The number of ether oxygens (including phenoxy) is 8. The van der Waals surface area contributed by atoms with E-state index in [1.807, 2.05) is 0 Å². The van der Waals surface area contributed by atoms with Crippen molar-refractivity contribution in [1.82, 2.24) is 0 Å². The van der Waals surface area contributed by atoms with Crippen LogP contribution in [0.3, 0.4) is 0 Å². The molecule has 4 heterocycles.